The predicted molar refractivity (Wildman–Crippen MR) is 80.9 cm³/mol. The molecule has 22 heavy (non-hydrogen) atoms. The summed E-state index contributed by atoms with van der Waals surface area (Å²) in [5, 5.41) is 11.9. The molecule has 0 fully saturated rings. The van der Waals surface area contributed by atoms with Gasteiger partial charge >= 0.3 is 5.97 Å². The molecule has 0 radical (unpaired) electrons. The topological polar surface area (TPSA) is 88.1 Å². The lowest BCUT2D eigenvalue weighted by molar-refractivity contribution is -0.137. The number of rotatable bonds is 6. The van der Waals surface area contributed by atoms with Crippen molar-refractivity contribution in [3.8, 4) is 6.07 Å². The third-order valence-electron chi connectivity index (χ3n) is 2.71. The number of carbonyl (C=O) groups is 1. The summed E-state index contributed by atoms with van der Waals surface area (Å²) >= 11 is 0. The van der Waals surface area contributed by atoms with Crippen molar-refractivity contribution in [2.45, 2.75) is 6.92 Å². The Morgan fingerprint density at radius 2 is 2.36 bits per heavy atom. The van der Waals surface area contributed by atoms with Crippen LogP contribution in [0.1, 0.15) is 17.1 Å². The molecule has 0 atom stereocenters. The Balaban J connectivity index is 1.73. The molecule has 0 amide bonds. The molecule has 6 heteroatoms. The summed E-state index contributed by atoms with van der Waals surface area (Å²) in [4.78, 5) is 15.6. The Kier molecular flexibility index (Phi) is 5.32. The number of hydrogen-bond donors (Lipinski definition) is 1. The van der Waals surface area contributed by atoms with Gasteiger partial charge in [-0.25, -0.2) is 9.78 Å². The lowest BCUT2D eigenvalue weighted by Gasteiger charge is -2.06. The van der Waals surface area contributed by atoms with E-state index in [4.69, 9.17) is 14.4 Å². The second-order valence-electron chi connectivity index (χ2n) is 4.39. The minimum absolute atomic E-state index is 0.168. The summed E-state index contributed by atoms with van der Waals surface area (Å²) in [6.07, 6.45) is 4.44. The molecule has 2 aromatic heterocycles. The molecule has 2 rings (SSSR count). The molecule has 112 valence electrons. The summed E-state index contributed by atoms with van der Waals surface area (Å²) in [5.41, 5.74) is 0.446. The van der Waals surface area contributed by atoms with Gasteiger partial charge in [-0.15, -0.1) is 0 Å². The second-order valence-corrected chi connectivity index (χ2v) is 4.39. The van der Waals surface area contributed by atoms with E-state index < -0.39 is 5.97 Å². The van der Waals surface area contributed by atoms with Gasteiger partial charge in [-0.05, 0) is 37.3 Å². The Morgan fingerprint density at radius 3 is 3.09 bits per heavy atom. The number of anilines is 1. The van der Waals surface area contributed by atoms with Gasteiger partial charge in [-0.2, -0.15) is 5.26 Å². The summed E-state index contributed by atoms with van der Waals surface area (Å²) in [6, 6.07) is 8.96. The number of ether oxygens (including phenoxy) is 1. The van der Waals surface area contributed by atoms with Gasteiger partial charge in [-0.1, -0.05) is 0 Å². The van der Waals surface area contributed by atoms with Crippen LogP contribution < -0.4 is 5.32 Å². The van der Waals surface area contributed by atoms with Gasteiger partial charge in [0.15, 0.2) is 0 Å². The molecular formula is C16H15N3O3. The Labute approximate surface area is 128 Å². The molecule has 0 unspecified atom stereocenters. The predicted octanol–water partition coefficient (Wildman–Crippen LogP) is 2.52. The standard InChI is InChI=1S/C16H15N3O3/c1-12-4-5-14(22-12)6-7-15(20)21-10-9-19-16-13(11-17)3-2-8-18-16/h2-8H,9-10H2,1H3,(H,18,19). The highest BCUT2D eigenvalue weighted by molar-refractivity contribution is 5.86. The van der Waals surface area contributed by atoms with Crippen molar-refractivity contribution < 1.29 is 13.9 Å². The number of nitriles is 1. The zero-order valence-corrected chi connectivity index (χ0v) is 12.1. The highest BCUT2D eigenvalue weighted by atomic mass is 16.5. The molecule has 0 aliphatic heterocycles. The van der Waals surface area contributed by atoms with Crippen LogP contribution in [-0.4, -0.2) is 24.1 Å². The Bertz CT molecular complexity index is 713. The molecule has 0 bridgehead atoms. The van der Waals surface area contributed by atoms with Gasteiger partial charge in [0, 0.05) is 12.3 Å². The number of aromatic nitrogens is 1. The van der Waals surface area contributed by atoms with Gasteiger partial charge < -0.3 is 14.5 Å². The molecule has 2 aromatic rings. The number of hydrogen-bond acceptors (Lipinski definition) is 6. The van der Waals surface area contributed by atoms with Gasteiger partial charge in [0.1, 0.15) is 30.0 Å². The first-order valence-electron chi connectivity index (χ1n) is 6.69. The summed E-state index contributed by atoms with van der Waals surface area (Å²) in [5.74, 6) is 1.39. The number of aryl methyl sites for hydroxylation is 1. The van der Waals surface area contributed by atoms with E-state index in [1.807, 2.05) is 19.1 Å². The number of furan rings is 1. The van der Waals surface area contributed by atoms with E-state index in [1.54, 1.807) is 30.5 Å². The molecule has 0 saturated heterocycles. The van der Waals surface area contributed by atoms with E-state index in [0.717, 1.165) is 5.76 Å². The van der Waals surface area contributed by atoms with E-state index in [0.29, 0.717) is 23.7 Å². The average molecular weight is 297 g/mol. The summed E-state index contributed by atoms with van der Waals surface area (Å²) in [6.45, 7) is 2.36. The van der Waals surface area contributed by atoms with Crippen LogP contribution in [0.3, 0.4) is 0 Å². The second kappa shape index (κ2) is 7.64. The SMILES string of the molecule is Cc1ccc(C=CC(=O)OCCNc2ncccc2C#N)o1. The van der Waals surface area contributed by atoms with E-state index in [2.05, 4.69) is 10.3 Å². The number of pyridine rings is 1. The summed E-state index contributed by atoms with van der Waals surface area (Å²) < 4.78 is 10.3. The smallest absolute Gasteiger partial charge is 0.330 e. The van der Waals surface area contributed by atoms with Gasteiger partial charge in [0.25, 0.3) is 0 Å². The van der Waals surface area contributed by atoms with Crippen LogP contribution in [0.5, 0.6) is 0 Å². The van der Waals surface area contributed by atoms with Crippen LogP contribution in [-0.2, 0) is 9.53 Å². The van der Waals surface area contributed by atoms with Crippen LogP contribution in [0.2, 0.25) is 0 Å². The quantitative estimate of drug-likeness (QED) is 0.501. The highest BCUT2D eigenvalue weighted by Crippen LogP contribution is 2.09. The van der Waals surface area contributed by atoms with Gasteiger partial charge in [0.2, 0.25) is 0 Å². The minimum atomic E-state index is -0.461. The molecule has 0 spiro atoms. The summed E-state index contributed by atoms with van der Waals surface area (Å²) in [7, 11) is 0. The van der Waals surface area contributed by atoms with Crippen LogP contribution in [0, 0.1) is 18.3 Å². The lowest BCUT2D eigenvalue weighted by atomic mass is 10.3. The molecule has 1 N–H and O–H groups in total. The first-order valence-corrected chi connectivity index (χ1v) is 6.69. The van der Waals surface area contributed by atoms with Crippen molar-refractivity contribution in [3.63, 3.8) is 0 Å². The van der Waals surface area contributed by atoms with E-state index in [-0.39, 0.29) is 6.61 Å². The Morgan fingerprint density at radius 1 is 1.50 bits per heavy atom. The fourth-order valence-electron chi connectivity index (χ4n) is 1.70. The zero-order chi connectivity index (χ0) is 15.8. The molecule has 0 aliphatic rings. The monoisotopic (exact) mass is 297 g/mol. The number of nitrogens with one attached hydrogen (secondary N) is 1. The average Bonchev–Trinajstić information content (AvgIpc) is 2.95. The minimum Gasteiger partial charge on any atom is -0.462 e. The van der Waals surface area contributed by atoms with Gasteiger partial charge in [-0.3, -0.25) is 0 Å². The molecule has 6 nitrogen and oxygen atoms in total. The fraction of sp³-hybridized carbons (Fsp3) is 0.188. The van der Waals surface area contributed by atoms with Crippen molar-refractivity contribution in [2.24, 2.45) is 0 Å². The maximum absolute atomic E-state index is 11.5. The maximum Gasteiger partial charge on any atom is 0.330 e. The third-order valence-corrected chi connectivity index (χ3v) is 2.71. The molecule has 2 heterocycles. The van der Waals surface area contributed by atoms with Gasteiger partial charge in [0.05, 0.1) is 12.1 Å². The first kappa shape index (κ1) is 15.3. The normalized spacial score (nSPS) is 10.4. The first-order chi connectivity index (χ1) is 10.7. The van der Waals surface area contributed by atoms with Crippen molar-refractivity contribution >= 4 is 17.9 Å². The Hall–Kier alpha value is -3.07. The molecule has 0 saturated carbocycles. The lowest BCUT2D eigenvalue weighted by Crippen LogP contribution is -2.13. The van der Waals surface area contributed by atoms with Crippen molar-refractivity contribution in [3.05, 3.63) is 53.6 Å². The largest absolute Gasteiger partial charge is 0.462 e. The van der Waals surface area contributed by atoms with E-state index >= 15 is 0 Å². The number of esters is 1. The van der Waals surface area contributed by atoms with Crippen LogP contribution >= 0.6 is 0 Å². The van der Waals surface area contributed by atoms with Crippen LogP contribution in [0.15, 0.2) is 41.0 Å². The number of carbonyl (C=O) groups excluding carboxylic acids is 1. The van der Waals surface area contributed by atoms with Crippen molar-refractivity contribution in [1.82, 2.24) is 4.98 Å². The van der Waals surface area contributed by atoms with Crippen LogP contribution in [0.25, 0.3) is 6.08 Å². The van der Waals surface area contributed by atoms with Crippen LogP contribution in [0.4, 0.5) is 5.82 Å². The van der Waals surface area contributed by atoms with Crippen molar-refractivity contribution in [2.75, 3.05) is 18.5 Å². The fourth-order valence-corrected chi connectivity index (χ4v) is 1.70. The zero-order valence-electron chi connectivity index (χ0n) is 12.1. The van der Waals surface area contributed by atoms with E-state index in [1.165, 1.54) is 6.08 Å². The van der Waals surface area contributed by atoms with Crippen molar-refractivity contribution in [1.29, 1.82) is 5.26 Å². The molecule has 0 aromatic carbocycles. The molecule has 0 aliphatic carbocycles. The maximum atomic E-state index is 11.5. The molecular weight excluding hydrogens is 282 g/mol. The van der Waals surface area contributed by atoms with E-state index in [9.17, 15) is 4.79 Å². The third kappa shape index (κ3) is 4.49. The number of nitrogens with zero attached hydrogens (tertiary/aromatic N) is 2. The highest BCUT2D eigenvalue weighted by Gasteiger charge is 2.02.